The first kappa shape index (κ1) is 19.5. The van der Waals surface area contributed by atoms with Gasteiger partial charge in [0.05, 0.1) is 17.8 Å². The fourth-order valence-electron chi connectivity index (χ4n) is 3.30. The average Bonchev–Trinajstić information content (AvgIpc) is 2.95. The zero-order valence-electron chi connectivity index (χ0n) is 16.7. The maximum Gasteiger partial charge on any atom is 0.310 e. The second-order valence-electron chi connectivity index (χ2n) is 6.98. The molecule has 144 valence electrons. The number of hydrogen-bond donors (Lipinski definition) is 0. The van der Waals surface area contributed by atoms with E-state index < -0.39 is 5.97 Å². The molecule has 0 atom stereocenters. The van der Waals surface area contributed by atoms with E-state index in [0.717, 1.165) is 33.8 Å². The number of hydrogen-bond acceptors (Lipinski definition) is 4. The fourth-order valence-corrected chi connectivity index (χ4v) is 3.30. The van der Waals surface area contributed by atoms with Crippen LogP contribution in [0.1, 0.15) is 38.4 Å². The summed E-state index contributed by atoms with van der Waals surface area (Å²) < 4.78 is 7.07. The highest BCUT2D eigenvalue weighted by Crippen LogP contribution is 2.19. The molecule has 0 amide bonds. The van der Waals surface area contributed by atoms with Crippen molar-refractivity contribution in [2.45, 2.75) is 34.1 Å². The lowest BCUT2D eigenvalue weighted by atomic mass is 10.0. The number of para-hydroxylation sites is 1. The van der Waals surface area contributed by atoms with Crippen molar-refractivity contribution in [3.8, 4) is 5.69 Å². The highest BCUT2D eigenvalue weighted by atomic mass is 16.5. The molecule has 0 N–H and O–H groups in total. The molecule has 0 unspecified atom stereocenters. The topological polar surface area (TPSA) is 61.2 Å². The fraction of sp³-hybridized carbons (Fsp3) is 0.261. The number of Topliss-reactive ketones (excluding diaryl/α,β-unsaturated/α-hetero) is 1. The van der Waals surface area contributed by atoms with Crippen LogP contribution in [-0.2, 0) is 16.0 Å². The number of benzene rings is 2. The molecular formula is C23H24N2O3. The van der Waals surface area contributed by atoms with Gasteiger partial charge in [0.1, 0.15) is 0 Å². The number of ketones is 1. The van der Waals surface area contributed by atoms with E-state index in [4.69, 9.17) is 4.74 Å². The number of ether oxygens (including phenoxy) is 1. The third kappa shape index (κ3) is 4.19. The summed E-state index contributed by atoms with van der Waals surface area (Å²) in [6.07, 6.45) is 0.0880. The Hall–Kier alpha value is -3.21. The lowest BCUT2D eigenvalue weighted by Gasteiger charge is -2.08. The number of rotatable bonds is 6. The third-order valence-electron chi connectivity index (χ3n) is 4.81. The molecule has 0 saturated carbocycles. The number of aromatic nitrogens is 2. The van der Waals surface area contributed by atoms with Gasteiger partial charge in [0.2, 0.25) is 5.78 Å². The van der Waals surface area contributed by atoms with Crippen LogP contribution in [0.5, 0.6) is 0 Å². The monoisotopic (exact) mass is 376 g/mol. The summed E-state index contributed by atoms with van der Waals surface area (Å²) in [6.45, 7) is 7.40. The molecule has 1 heterocycles. The lowest BCUT2D eigenvalue weighted by Crippen LogP contribution is -2.17. The summed E-state index contributed by atoms with van der Waals surface area (Å²) in [6, 6.07) is 15.4. The Bertz CT molecular complexity index is 1020. The molecule has 0 fully saturated rings. The van der Waals surface area contributed by atoms with Crippen LogP contribution in [0.2, 0.25) is 0 Å². The summed E-state index contributed by atoms with van der Waals surface area (Å²) >= 11 is 0. The summed E-state index contributed by atoms with van der Waals surface area (Å²) in [4.78, 5) is 24.7. The number of carbonyl (C=O) groups is 2. The van der Waals surface area contributed by atoms with Crippen molar-refractivity contribution >= 4 is 11.8 Å². The maximum atomic E-state index is 12.4. The van der Waals surface area contributed by atoms with E-state index in [0.29, 0.717) is 5.56 Å². The second-order valence-corrected chi connectivity index (χ2v) is 6.98. The van der Waals surface area contributed by atoms with Crippen molar-refractivity contribution in [1.29, 1.82) is 0 Å². The van der Waals surface area contributed by atoms with Gasteiger partial charge >= 0.3 is 5.97 Å². The SMILES string of the molecule is Cc1ccc(C(=O)COC(=O)Cc2c(C)nn(-c3ccccc3)c2C)c(C)c1. The van der Waals surface area contributed by atoms with Crippen molar-refractivity contribution in [3.63, 3.8) is 0 Å². The van der Waals surface area contributed by atoms with E-state index in [-0.39, 0.29) is 18.8 Å². The lowest BCUT2D eigenvalue weighted by molar-refractivity contribution is -0.141. The van der Waals surface area contributed by atoms with Crippen molar-refractivity contribution in [2.75, 3.05) is 6.61 Å². The summed E-state index contributed by atoms with van der Waals surface area (Å²) in [5.41, 5.74) is 5.99. The Labute approximate surface area is 165 Å². The Morgan fingerprint density at radius 3 is 2.39 bits per heavy atom. The van der Waals surface area contributed by atoms with E-state index in [1.54, 1.807) is 6.07 Å². The van der Waals surface area contributed by atoms with Crippen LogP contribution < -0.4 is 0 Å². The van der Waals surface area contributed by atoms with Gasteiger partial charge in [-0.05, 0) is 45.4 Å². The van der Waals surface area contributed by atoms with Crippen LogP contribution in [0, 0.1) is 27.7 Å². The molecule has 0 spiro atoms. The smallest absolute Gasteiger partial charge is 0.310 e. The van der Waals surface area contributed by atoms with Crippen LogP contribution in [0.3, 0.4) is 0 Å². The third-order valence-corrected chi connectivity index (χ3v) is 4.81. The summed E-state index contributed by atoms with van der Waals surface area (Å²) in [7, 11) is 0. The first-order chi connectivity index (χ1) is 13.4. The number of esters is 1. The first-order valence-corrected chi connectivity index (χ1v) is 9.23. The van der Waals surface area contributed by atoms with E-state index >= 15 is 0 Å². The Morgan fingerprint density at radius 1 is 1.00 bits per heavy atom. The minimum Gasteiger partial charge on any atom is -0.457 e. The van der Waals surface area contributed by atoms with Gasteiger partial charge in [0, 0.05) is 16.8 Å². The van der Waals surface area contributed by atoms with Gasteiger partial charge in [-0.1, -0.05) is 42.0 Å². The van der Waals surface area contributed by atoms with Crippen LogP contribution in [0.25, 0.3) is 5.69 Å². The highest BCUT2D eigenvalue weighted by Gasteiger charge is 2.18. The van der Waals surface area contributed by atoms with E-state index in [9.17, 15) is 9.59 Å². The molecule has 0 bridgehead atoms. The average molecular weight is 376 g/mol. The predicted octanol–water partition coefficient (Wildman–Crippen LogP) is 4.07. The zero-order valence-corrected chi connectivity index (χ0v) is 16.7. The van der Waals surface area contributed by atoms with Gasteiger partial charge in [-0.2, -0.15) is 5.10 Å². The van der Waals surface area contributed by atoms with Crippen LogP contribution >= 0.6 is 0 Å². The molecule has 1 aromatic heterocycles. The Morgan fingerprint density at radius 2 is 1.71 bits per heavy atom. The van der Waals surface area contributed by atoms with Crippen LogP contribution in [-0.4, -0.2) is 28.1 Å². The van der Waals surface area contributed by atoms with Gasteiger partial charge in [0.25, 0.3) is 0 Å². The van der Waals surface area contributed by atoms with Gasteiger partial charge < -0.3 is 4.74 Å². The molecular weight excluding hydrogens is 352 g/mol. The maximum absolute atomic E-state index is 12.4. The highest BCUT2D eigenvalue weighted by molar-refractivity contribution is 5.99. The first-order valence-electron chi connectivity index (χ1n) is 9.23. The molecule has 2 aromatic carbocycles. The standard InChI is InChI=1S/C23H24N2O3/c1-15-10-11-20(16(2)12-15)22(26)14-28-23(27)13-21-17(3)24-25(18(21)4)19-8-6-5-7-9-19/h5-12H,13-14H2,1-4H3. The molecule has 28 heavy (non-hydrogen) atoms. The minimum atomic E-state index is -0.433. The largest absolute Gasteiger partial charge is 0.457 e. The van der Waals surface area contributed by atoms with Crippen molar-refractivity contribution < 1.29 is 14.3 Å². The minimum absolute atomic E-state index is 0.0880. The normalized spacial score (nSPS) is 10.7. The number of nitrogens with zero attached hydrogens (tertiary/aromatic N) is 2. The molecule has 5 heteroatoms. The molecule has 0 aliphatic heterocycles. The number of aryl methyl sites for hydroxylation is 3. The molecule has 0 aliphatic carbocycles. The van der Waals surface area contributed by atoms with Crippen molar-refractivity contribution in [3.05, 3.63) is 82.2 Å². The molecule has 0 aliphatic rings. The second kappa shape index (κ2) is 8.21. The van der Waals surface area contributed by atoms with Crippen LogP contribution in [0.4, 0.5) is 0 Å². The molecule has 3 aromatic rings. The molecule has 3 rings (SSSR count). The summed E-state index contributed by atoms with van der Waals surface area (Å²) in [5.74, 6) is -0.629. The summed E-state index contributed by atoms with van der Waals surface area (Å²) in [5, 5.41) is 4.54. The van der Waals surface area contributed by atoms with E-state index in [1.807, 2.05) is 74.8 Å². The van der Waals surface area contributed by atoms with Crippen LogP contribution in [0.15, 0.2) is 48.5 Å². The Balaban J connectivity index is 1.67. The predicted molar refractivity (Wildman–Crippen MR) is 108 cm³/mol. The van der Waals surface area contributed by atoms with Crippen molar-refractivity contribution in [1.82, 2.24) is 9.78 Å². The van der Waals surface area contributed by atoms with Gasteiger partial charge in [-0.25, -0.2) is 4.68 Å². The quantitative estimate of drug-likeness (QED) is 0.480. The molecule has 0 radical (unpaired) electrons. The van der Waals surface area contributed by atoms with Crippen molar-refractivity contribution in [2.24, 2.45) is 0 Å². The van der Waals surface area contributed by atoms with Gasteiger partial charge in [0.15, 0.2) is 6.61 Å². The van der Waals surface area contributed by atoms with Gasteiger partial charge in [-0.15, -0.1) is 0 Å². The zero-order chi connectivity index (χ0) is 20.3. The van der Waals surface area contributed by atoms with Gasteiger partial charge in [-0.3, -0.25) is 9.59 Å². The molecule has 5 nitrogen and oxygen atoms in total. The van der Waals surface area contributed by atoms with E-state index in [2.05, 4.69) is 5.10 Å². The molecule has 0 saturated heterocycles. The van der Waals surface area contributed by atoms with E-state index in [1.165, 1.54) is 0 Å². The number of carbonyl (C=O) groups excluding carboxylic acids is 2. The Kier molecular flexibility index (Phi) is 5.73.